The summed E-state index contributed by atoms with van der Waals surface area (Å²) in [5.74, 6) is 0. The van der Waals surface area contributed by atoms with Gasteiger partial charge in [0.05, 0.1) is 17.4 Å². The molecule has 0 radical (unpaired) electrons. The van der Waals surface area contributed by atoms with Crippen LogP contribution in [0.25, 0.3) is 0 Å². The summed E-state index contributed by atoms with van der Waals surface area (Å²) in [6, 6.07) is 8.44. The first-order valence-electron chi connectivity index (χ1n) is 5.59. The normalized spacial score (nSPS) is 11.4. The van der Waals surface area contributed by atoms with Crippen molar-refractivity contribution in [2.45, 2.75) is 11.3 Å². The van der Waals surface area contributed by atoms with Crippen molar-refractivity contribution in [3.05, 3.63) is 29.8 Å². The van der Waals surface area contributed by atoms with Crippen LogP contribution in [0.1, 0.15) is 5.56 Å². The van der Waals surface area contributed by atoms with Crippen molar-refractivity contribution in [2.75, 3.05) is 27.2 Å². The first-order chi connectivity index (χ1) is 8.52. The first-order valence-corrected chi connectivity index (χ1v) is 7.03. The average Bonchev–Trinajstić information content (AvgIpc) is 2.37. The Morgan fingerprint density at radius 1 is 1.33 bits per heavy atom. The second kappa shape index (κ2) is 6.50. The van der Waals surface area contributed by atoms with Crippen molar-refractivity contribution in [1.29, 1.82) is 5.26 Å². The molecule has 0 aliphatic carbocycles. The number of hydrogen-bond donors (Lipinski definition) is 1. The molecule has 0 amide bonds. The maximum absolute atomic E-state index is 12.1. The van der Waals surface area contributed by atoms with E-state index in [1.54, 1.807) is 26.2 Å². The summed E-state index contributed by atoms with van der Waals surface area (Å²) in [6.07, 6.45) is 0.288. The van der Waals surface area contributed by atoms with Crippen LogP contribution in [0, 0.1) is 11.3 Å². The monoisotopic (exact) mass is 267 g/mol. The first kappa shape index (κ1) is 14.6. The fraction of sp³-hybridized carbons (Fsp3) is 0.417. The van der Waals surface area contributed by atoms with Crippen molar-refractivity contribution >= 4 is 10.0 Å². The molecule has 0 aromatic heterocycles. The number of sulfonamides is 1. The quantitative estimate of drug-likeness (QED) is 0.819. The van der Waals surface area contributed by atoms with E-state index in [0.717, 1.165) is 5.56 Å². The molecule has 0 fully saturated rings. The Bertz CT molecular complexity index is 517. The van der Waals surface area contributed by atoms with Gasteiger partial charge in [0.25, 0.3) is 0 Å². The molecule has 1 N–H and O–H groups in total. The number of nitriles is 1. The van der Waals surface area contributed by atoms with E-state index in [1.807, 2.05) is 6.07 Å². The zero-order chi connectivity index (χ0) is 13.6. The highest BCUT2D eigenvalue weighted by Crippen LogP contribution is 2.15. The summed E-state index contributed by atoms with van der Waals surface area (Å²) in [5, 5.41) is 11.5. The lowest BCUT2D eigenvalue weighted by Crippen LogP contribution is -2.32. The topological polar surface area (TPSA) is 73.2 Å². The molecule has 6 heteroatoms. The SMILES string of the molecule is CNCCN(C)S(=O)(=O)c1ccc(CC#N)cc1. The highest BCUT2D eigenvalue weighted by molar-refractivity contribution is 7.89. The number of rotatable bonds is 6. The molecular formula is C12H17N3O2S. The van der Waals surface area contributed by atoms with Gasteiger partial charge >= 0.3 is 0 Å². The molecular weight excluding hydrogens is 250 g/mol. The molecule has 0 saturated carbocycles. The fourth-order valence-electron chi connectivity index (χ4n) is 1.44. The van der Waals surface area contributed by atoms with Gasteiger partial charge in [-0.3, -0.25) is 0 Å². The van der Waals surface area contributed by atoms with Gasteiger partial charge in [-0.15, -0.1) is 0 Å². The van der Waals surface area contributed by atoms with Crippen LogP contribution in [0.5, 0.6) is 0 Å². The van der Waals surface area contributed by atoms with E-state index >= 15 is 0 Å². The number of nitrogens with one attached hydrogen (secondary N) is 1. The number of benzene rings is 1. The zero-order valence-corrected chi connectivity index (χ0v) is 11.4. The third-order valence-corrected chi connectivity index (χ3v) is 4.46. The lowest BCUT2D eigenvalue weighted by molar-refractivity contribution is 0.466. The Morgan fingerprint density at radius 2 is 1.94 bits per heavy atom. The van der Waals surface area contributed by atoms with Crippen molar-refractivity contribution in [1.82, 2.24) is 9.62 Å². The molecule has 18 heavy (non-hydrogen) atoms. The van der Waals surface area contributed by atoms with E-state index in [-0.39, 0.29) is 11.3 Å². The highest BCUT2D eigenvalue weighted by Gasteiger charge is 2.19. The van der Waals surface area contributed by atoms with E-state index in [1.165, 1.54) is 16.4 Å². The van der Waals surface area contributed by atoms with Crippen molar-refractivity contribution in [3.63, 3.8) is 0 Å². The maximum atomic E-state index is 12.1. The van der Waals surface area contributed by atoms with Crippen LogP contribution in [0.15, 0.2) is 29.2 Å². The van der Waals surface area contributed by atoms with E-state index in [0.29, 0.717) is 13.1 Å². The Morgan fingerprint density at radius 3 is 2.44 bits per heavy atom. The summed E-state index contributed by atoms with van der Waals surface area (Å²) < 4.78 is 25.6. The minimum atomic E-state index is -3.43. The third-order valence-electron chi connectivity index (χ3n) is 2.59. The Labute approximate surface area is 108 Å². The van der Waals surface area contributed by atoms with Gasteiger partial charge in [0.2, 0.25) is 10.0 Å². The zero-order valence-electron chi connectivity index (χ0n) is 10.5. The van der Waals surface area contributed by atoms with E-state index in [9.17, 15) is 8.42 Å². The molecule has 5 nitrogen and oxygen atoms in total. The Balaban J connectivity index is 2.88. The average molecular weight is 267 g/mol. The van der Waals surface area contributed by atoms with Crippen LogP contribution < -0.4 is 5.32 Å². The molecule has 1 rings (SSSR count). The Kier molecular flexibility index (Phi) is 5.28. The maximum Gasteiger partial charge on any atom is 0.242 e. The smallest absolute Gasteiger partial charge is 0.242 e. The van der Waals surface area contributed by atoms with Gasteiger partial charge in [0, 0.05) is 20.1 Å². The highest BCUT2D eigenvalue weighted by atomic mass is 32.2. The third kappa shape index (κ3) is 3.53. The summed E-state index contributed by atoms with van der Waals surface area (Å²) in [4.78, 5) is 0.253. The molecule has 0 aliphatic rings. The largest absolute Gasteiger partial charge is 0.318 e. The molecule has 0 spiro atoms. The van der Waals surface area contributed by atoms with Crippen molar-refractivity contribution in [2.24, 2.45) is 0 Å². The predicted molar refractivity (Wildman–Crippen MR) is 69.5 cm³/mol. The minimum Gasteiger partial charge on any atom is -0.318 e. The standard InChI is InChI=1S/C12H17N3O2S/c1-14-9-10-15(2)18(16,17)12-5-3-11(4-6-12)7-8-13/h3-6,14H,7,9-10H2,1-2H3. The second-order valence-electron chi connectivity index (χ2n) is 3.91. The molecule has 0 saturated heterocycles. The van der Waals surface area contributed by atoms with Crippen molar-refractivity contribution in [3.8, 4) is 6.07 Å². The fourth-order valence-corrected chi connectivity index (χ4v) is 2.61. The summed E-state index contributed by atoms with van der Waals surface area (Å²) in [5.41, 5.74) is 0.814. The molecule has 0 unspecified atom stereocenters. The van der Waals surface area contributed by atoms with Crippen molar-refractivity contribution < 1.29 is 8.42 Å². The molecule has 1 aromatic carbocycles. The van der Waals surface area contributed by atoms with E-state index in [4.69, 9.17) is 5.26 Å². The minimum absolute atomic E-state index is 0.253. The lowest BCUT2D eigenvalue weighted by Gasteiger charge is -2.17. The van der Waals surface area contributed by atoms with Crippen LogP contribution in [-0.4, -0.2) is 39.9 Å². The number of hydrogen-bond acceptors (Lipinski definition) is 4. The van der Waals surface area contributed by atoms with Crippen LogP contribution >= 0.6 is 0 Å². The van der Waals surface area contributed by atoms with Crippen LogP contribution in [0.3, 0.4) is 0 Å². The molecule has 1 aromatic rings. The summed E-state index contributed by atoms with van der Waals surface area (Å²) >= 11 is 0. The van der Waals surface area contributed by atoms with Gasteiger partial charge in [-0.2, -0.15) is 9.57 Å². The van der Waals surface area contributed by atoms with Gasteiger partial charge in [-0.25, -0.2) is 8.42 Å². The molecule has 0 aliphatic heterocycles. The number of likely N-dealkylation sites (N-methyl/N-ethyl adjacent to an activating group) is 2. The molecule has 0 atom stereocenters. The molecule has 0 heterocycles. The van der Waals surface area contributed by atoms with Crippen LogP contribution in [0.4, 0.5) is 0 Å². The molecule has 98 valence electrons. The predicted octanol–water partition coefficient (Wildman–Crippen LogP) is 0.593. The molecule has 0 bridgehead atoms. The van der Waals surface area contributed by atoms with Gasteiger partial charge in [0.1, 0.15) is 0 Å². The summed E-state index contributed by atoms with van der Waals surface area (Å²) in [7, 11) is -0.106. The van der Waals surface area contributed by atoms with Crippen LogP contribution in [-0.2, 0) is 16.4 Å². The van der Waals surface area contributed by atoms with Gasteiger partial charge in [0.15, 0.2) is 0 Å². The van der Waals surface area contributed by atoms with Gasteiger partial charge < -0.3 is 5.32 Å². The van der Waals surface area contributed by atoms with Gasteiger partial charge in [-0.1, -0.05) is 12.1 Å². The van der Waals surface area contributed by atoms with E-state index < -0.39 is 10.0 Å². The van der Waals surface area contributed by atoms with Crippen LogP contribution in [0.2, 0.25) is 0 Å². The lowest BCUT2D eigenvalue weighted by atomic mass is 10.2. The number of nitrogens with zero attached hydrogens (tertiary/aromatic N) is 2. The second-order valence-corrected chi connectivity index (χ2v) is 5.95. The Hall–Kier alpha value is -1.42. The van der Waals surface area contributed by atoms with Gasteiger partial charge in [-0.05, 0) is 24.7 Å². The summed E-state index contributed by atoms with van der Waals surface area (Å²) in [6.45, 7) is 1.01. The van der Waals surface area contributed by atoms with E-state index in [2.05, 4.69) is 5.32 Å².